The van der Waals surface area contributed by atoms with Crippen LogP contribution in [-0.4, -0.2) is 18.2 Å². The van der Waals surface area contributed by atoms with Crippen molar-refractivity contribution in [2.45, 2.75) is 13.5 Å². The molecule has 0 spiro atoms. The molecule has 1 aromatic heterocycles. The third kappa shape index (κ3) is 5.07. The Balaban J connectivity index is 1.78. The Morgan fingerprint density at radius 3 is 2.31 bits per heavy atom. The molecule has 0 saturated heterocycles. The van der Waals surface area contributed by atoms with Crippen molar-refractivity contribution in [2.24, 2.45) is 0 Å². The van der Waals surface area contributed by atoms with Crippen LogP contribution in [0.2, 0.25) is 0 Å². The number of hydrogen-bond donors (Lipinski definition) is 0. The fourth-order valence-corrected chi connectivity index (χ4v) is 4.97. The average molecular weight is 493 g/mol. The Morgan fingerprint density at radius 1 is 1.00 bits per heavy atom. The molecule has 0 aliphatic heterocycles. The van der Waals surface area contributed by atoms with E-state index in [1.165, 1.54) is 17.2 Å². The van der Waals surface area contributed by atoms with Crippen LogP contribution in [-0.2, 0) is 6.54 Å². The van der Waals surface area contributed by atoms with Gasteiger partial charge in [0.05, 0.1) is 17.3 Å². The summed E-state index contributed by atoms with van der Waals surface area (Å²) in [5.41, 5.74) is 3.21. The predicted octanol–water partition coefficient (Wildman–Crippen LogP) is 3.96. The van der Waals surface area contributed by atoms with Gasteiger partial charge in [0.15, 0.2) is 5.57 Å². The first-order valence-corrected chi connectivity index (χ1v) is 12.2. The minimum atomic E-state index is -0.314. The van der Waals surface area contributed by atoms with Crippen LogP contribution >= 0.6 is 11.3 Å². The van der Waals surface area contributed by atoms with E-state index in [9.17, 15) is 15.3 Å². The highest BCUT2D eigenvalue weighted by atomic mass is 32.1. The lowest BCUT2D eigenvalue weighted by Gasteiger charge is -2.23. The van der Waals surface area contributed by atoms with Gasteiger partial charge in [0, 0.05) is 18.8 Å². The zero-order chi connectivity index (χ0) is 25.5. The molecular formula is C29H24N4O2S. The lowest BCUT2D eigenvalue weighted by atomic mass is 10.1. The van der Waals surface area contributed by atoms with Crippen LogP contribution in [0.25, 0.3) is 17.3 Å². The van der Waals surface area contributed by atoms with Crippen LogP contribution in [0.15, 0.2) is 83.7 Å². The second-order valence-electron chi connectivity index (χ2n) is 7.92. The van der Waals surface area contributed by atoms with Crippen LogP contribution < -0.4 is 24.4 Å². The van der Waals surface area contributed by atoms with Gasteiger partial charge in [-0.2, -0.15) is 10.5 Å². The molecule has 0 atom stereocenters. The molecule has 4 aromatic rings. The van der Waals surface area contributed by atoms with Gasteiger partial charge in [-0.05, 0) is 48.4 Å². The Morgan fingerprint density at radius 2 is 1.67 bits per heavy atom. The molecule has 0 bridgehead atoms. The smallest absolute Gasteiger partial charge is 0.273 e. The standard InChI is InChI=1S/C29H24N4O2S/c1-3-32(20-22-9-5-4-6-10-22)24-15-13-21(14-16-24)17-27-28(34)33(29(36-27)23(18-30)19-31)25-11-7-8-12-26(25)35-2/h4-17H,3,20H2,1-2H3/b27-17-. The van der Waals surface area contributed by atoms with E-state index in [0.29, 0.717) is 16.0 Å². The van der Waals surface area contributed by atoms with E-state index in [1.807, 2.05) is 54.6 Å². The first-order valence-electron chi connectivity index (χ1n) is 11.4. The van der Waals surface area contributed by atoms with E-state index in [1.54, 1.807) is 30.3 Å². The zero-order valence-corrected chi connectivity index (χ0v) is 20.8. The van der Waals surface area contributed by atoms with Crippen LogP contribution in [0, 0.1) is 22.7 Å². The Kier molecular flexibility index (Phi) is 7.65. The van der Waals surface area contributed by atoms with Gasteiger partial charge < -0.3 is 9.64 Å². The molecule has 0 aliphatic carbocycles. The van der Waals surface area contributed by atoms with Crippen molar-refractivity contribution in [3.05, 3.63) is 110 Å². The van der Waals surface area contributed by atoms with E-state index in [4.69, 9.17) is 4.74 Å². The number of rotatable bonds is 7. The number of hydrogen-bond acceptors (Lipinski definition) is 6. The van der Waals surface area contributed by atoms with Crippen molar-refractivity contribution >= 4 is 28.7 Å². The molecule has 36 heavy (non-hydrogen) atoms. The van der Waals surface area contributed by atoms with E-state index < -0.39 is 0 Å². The van der Waals surface area contributed by atoms with Crippen molar-refractivity contribution in [1.82, 2.24) is 4.57 Å². The third-order valence-electron chi connectivity index (χ3n) is 5.74. The van der Waals surface area contributed by atoms with Gasteiger partial charge in [-0.3, -0.25) is 9.36 Å². The number of aromatic nitrogens is 1. The van der Waals surface area contributed by atoms with Crippen molar-refractivity contribution in [2.75, 3.05) is 18.6 Å². The SMILES string of the molecule is CCN(Cc1ccccc1)c1ccc(/C=c2\sc(=C(C#N)C#N)n(-c3ccccc3OC)c2=O)cc1. The second-order valence-corrected chi connectivity index (χ2v) is 8.95. The monoisotopic (exact) mass is 492 g/mol. The van der Waals surface area contributed by atoms with Crippen LogP contribution in [0.4, 0.5) is 5.69 Å². The molecule has 4 rings (SSSR count). The van der Waals surface area contributed by atoms with Crippen LogP contribution in [0.1, 0.15) is 18.1 Å². The first kappa shape index (κ1) is 24.5. The third-order valence-corrected chi connectivity index (χ3v) is 6.83. The van der Waals surface area contributed by atoms with E-state index in [-0.39, 0.29) is 15.8 Å². The minimum Gasteiger partial charge on any atom is -0.495 e. The fraction of sp³-hybridized carbons (Fsp3) is 0.138. The summed E-state index contributed by atoms with van der Waals surface area (Å²) in [5, 5.41) is 19.0. The number of methoxy groups -OCH3 is 1. The maximum Gasteiger partial charge on any atom is 0.273 e. The fourth-order valence-electron chi connectivity index (χ4n) is 3.93. The molecule has 6 nitrogen and oxygen atoms in total. The van der Waals surface area contributed by atoms with Crippen molar-refractivity contribution in [3.8, 4) is 23.6 Å². The number of para-hydroxylation sites is 2. The Bertz CT molecular complexity index is 1610. The number of nitrogens with zero attached hydrogens (tertiary/aromatic N) is 4. The van der Waals surface area contributed by atoms with Crippen LogP contribution in [0.5, 0.6) is 5.75 Å². The molecule has 1 heterocycles. The van der Waals surface area contributed by atoms with Gasteiger partial charge in [-0.1, -0.05) is 54.6 Å². The largest absolute Gasteiger partial charge is 0.495 e. The molecule has 0 amide bonds. The zero-order valence-electron chi connectivity index (χ0n) is 20.0. The van der Waals surface area contributed by atoms with Crippen molar-refractivity contribution < 1.29 is 4.74 Å². The lowest BCUT2D eigenvalue weighted by molar-refractivity contribution is 0.412. The summed E-state index contributed by atoms with van der Waals surface area (Å²) < 4.78 is 7.50. The highest BCUT2D eigenvalue weighted by Crippen LogP contribution is 2.20. The maximum absolute atomic E-state index is 13.5. The van der Waals surface area contributed by atoms with E-state index in [0.717, 1.165) is 35.7 Å². The summed E-state index contributed by atoms with van der Waals surface area (Å²) in [5.74, 6) is 0.475. The molecule has 7 heteroatoms. The number of benzene rings is 3. The summed E-state index contributed by atoms with van der Waals surface area (Å²) >= 11 is 1.12. The Hall–Kier alpha value is -4.59. The molecule has 0 fully saturated rings. The predicted molar refractivity (Wildman–Crippen MR) is 144 cm³/mol. The Labute approximate surface area is 213 Å². The summed E-state index contributed by atoms with van der Waals surface area (Å²) in [6, 6.07) is 29.2. The lowest BCUT2D eigenvalue weighted by Crippen LogP contribution is -2.31. The topological polar surface area (TPSA) is 82.1 Å². The number of thiazole rings is 1. The van der Waals surface area contributed by atoms with Gasteiger partial charge in [-0.25, -0.2) is 0 Å². The van der Waals surface area contributed by atoms with Crippen molar-refractivity contribution in [3.63, 3.8) is 0 Å². The molecular weight excluding hydrogens is 468 g/mol. The second kappa shape index (κ2) is 11.2. The van der Waals surface area contributed by atoms with Gasteiger partial charge in [0.2, 0.25) is 0 Å². The number of anilines is 1. The summed E-state index contributed by atoms with van der Waals surface area (Å²) in [7, 11) is 1.51. The van der Waals surface area contributed by atoms with Crippen LogP contribution in [0.3, 0.4) is 0 Å². The van der Waals surface area contributed by atoms with Gasteiger partial charge in [0.25, 0.3) is 5.56 Å². The number of ether oxygens (including phenoxy) is 1. The van der Waals surface area contributed by atoms with Crippen molar-refractivity contribution in [1.29, 1.82) is 10.5 Å². The summed E-state index contributed by atoms with van der Waals surface area (Å²) in [6.07, 6.45) is 1.78. The average Bonchev–Trinajstić information content (AvgIpc) is 3.24. The molecule has 3 aromatic carbocycles. The van der Waals surface area contributed by atoms with E-state index in [2.05, 4.69) is 24.0 Å². The normalized spacial score (nSPS) is 10.9. The van der Waals surface area contributed by atoms with Gasteiger partial charge in [0.1, 0.15) is 22.6 Å². The quantitative estimate of drug-likeness (QED) is 0.390. The summed E-state index contributed by atoms with van der Waals surface area (Å²) in [4.78, 5) is 15.7. The highest BCUT2D eigenvalue weighted by molar-refractivity contribution is 7.07. The molecule has 178 valence electrons. The van der Waals surface area contributed by atoms with E-state index >= 15 is 0 Å². The highest BCUT2D eigenvalue weighted by Gasteiger charge is 2.14. The van der Waals surface area contributed by atoms with Gasteiger partial charge >= 0.3 is 0 Å². The first-order chi connectivity index (χ1) is 17.6. The summed E-state index contributed by atoms with van der Waals surface area (Å²) in [6.45, 7) is 3.78. The molecule has 0 unspecified atom stereocenters. The maximum atomic E-state index is 13.5. The molecule has 0 aliphatic rings. The number of nitriles is 2. The molecule has 0 N–H and O–H groups in total. The molecule has 0 radical (unpaired) electrons. The molecule has 0 saturated carbocycles. The van der Waals surface area contributed by atoms with Gasteiger partial charge in [-0.15, -0.1) is 11.3 Å². The minimum absolute atomic E-state index is 0.127.